The molecule has 0 amide bonds. The van der Waals surface area contributed by atoms with Gasteiger partial charge in [0.25, 0.3) is 0 Å². The van der Waals surface area contributed by atoms with Gasteiger partial charge in [-0.3, -0.25) is 0 Å². The number of hydrogen-bond acceptors (Lipinski definition) is 17. The van der Waals surface area contributed by atoms with Crippen LogP contribution in [0.1, 0.15) is 0 Å². The third-order valence-electron chi connectivity index (χ3n) is 3.08. The topological polar surface area (TPSA) is 324 Å². The molecule has 0 aliphatic rings. The Balaban J connectivity index is 0.000000178. The zero-order chi connectivity index (χ0) is 23.7. The molecular formula is C15H21N17. The van der Waals surface area contributed by atoms with Crippen LogP contribution in [0, 0.1) is 0 Å². The normalized spacial score (nSPS) is 9.62. The van der Waals surface area contributed by atoms with E-state index in [2.05, 4.69) is 44.9 Å². The van der Waals surface area contributed by atoms with Crippen molar-refractivity contribution in [3.63, 3.8) is 0 Å². The Hall–Kier alpha value is -5.35. The highest BCUT2D eigenvalue weighted by Gasteiger charge is 2.03. The number of hydrogen-bond donors (Lipinski definition) is 8. The Morgan fingerprint density at radius 3 is 0.875 bits per heavy atom. The monoisotopic (exact) mass is 439 g/mol. The minimum atomic E-state index is 0.0417. The largest absolute Gasteiger partial charge is 0.368 e. The summed E-state index contributed by atoms with van der Waals surface area (Å²) in [5.74, 6) is 1.02. The van der Waals surface area contributed by atoms with Gasteiger partial charge in [0.2, 0.25) is 47.6 Å². The molecule has 0 atom stereocenters. The molecule has 3 heterocycles. The number of nitrogens with two attached hydrogens (primary N) is 8. The molecule has 32 heavy (non-hydrogen) atoms. The standard InChI is InChI=1S/C9H9N5.2C3H6N6/c10-8-12-7(13-9(11)14-8)6-4-2-1-3-5-6;2*4-1-7-2(5)9-3(6)8-1/h1-5H,(H4,10,11,12,13,14);2*(H6,4,5,6,7,8,9). The molecule has 0 bridgehead atoms. The van der Waals surface area contributed by atoms with E-state index in [1.807, 2.05) is 30.3 Å². The molecule has 0 unspecified atom stereocenters. The Kier molecular flexibility index (Phi) is 7.48. The van der Waals surface area contributed by atoms with E-state index in [1.54, 1.807) is 0 Å². The molecule has 17 heteroatoms. The molecule has 4 rings (SSSR count). The second kappa shape index (κ2) is 10.4. The molecule has 0 aliphatic carbocycles. The smallest absolute Gasteiger partial charge is 0.226 e. The summed E-state index contributed by atoms with van der Waals surface area (Å²) in [6, 6.07) is 9.47. The van der Waals surface area contributed by atoms with Crippen molar-refractivity contribution in [1.82, 2.24) is 44.9 Å². The van der Waals surface area contributed by atoms with Gasteiger partial charge in [0, 0.05) is 5.56 Å². The summed E-state index contributed by atoms with van der Waals surface area (Å²) in [6.07, 6.45) is 0. The number of nitrogen functional groups attached to an aromatic ring is 8. The van der Waals surface area contributed by atoms with Crippen LogP contribution in [0.2, 0.25) is 0 Å². The lowest BCUT2D eigenvalue weighted by atomic mass is 10.2. The van der Waals surface area contributed by atoms with Gasteiger partial charge in [-0.15, -0.1) is 0 Å². The highest BCUT2D eigenvalue weighted by molar-refractivity contribution is 5.56. The van der Waals surface area contributed by atoms with E-state index >= 15 is 0 Å². The van der Waals surface area contributed by atoms with Crippen LogP contribution in [0.5, 0.6) is 0 Å². The van der Waals surface area contributed by atoms with Crippen LogP contribution < -0.4 is 45.9 Å². The lowest BCUT2D eigenvalue weighted by Crippen LogP contribution is -2.05. The Morgan fingerprint density at radius 1 is 0.344 bits per heavy atom. The van der Waals surface area contributed by atoms with E-state index in [-0.39, 0.29) is 47.6 Å². The zero-order valence-electron chi connectivity index (χ0n) is 16.5. The summed E-state index contributed by atoms with van der Waals surface area (Å²) in [5, 5.41) is 0. The summed E-state index contributed by atoms with van der Waals surface area (Å²) in [5.41, 5.74) is 42.6. The van der Waals surface area contributed by atoms with Crippen molar-refractivity contribution < 1.29 is 0 Å². The molecule has 0 fully saturated rings. The average Bonchev–Trinajstić information content (AvgIpc) is 2.67. The van der Waals surface area contributed by atoms with Gasteiger partial charge in [0.05, 0.1) is 0 Å². The van der Waals surface area contributed by atoms with Crippen LogP contribution in [0.15, 0.2) is 30.3 Å². The van der Waals surface area contributed by atoms with E-state index in [9.17, 15) is 0 Å². The lowest BCUT2D eigenvalue weighted by Gasteiger charge is -2.00. The van der Waals surface area contributed by atoms with Crippen molar-refractivity contribution in [3.8, 4) is 11.4 Å². The summed E-state index contributed by atoms with van der Waals surface area (Å²) < 4.78 is 0. The van der Waals surface area contributed by atoms with Gasteiger partial charge in [0.15, 0.2) is 5.82 Å². The molecule has 0 spiro atoms. The van der Waals surface area contributed by atoms with Gasteiger partial charge in [-0.1, -0.05) is 30.3 Å². The third-order valence-corrected chi connectivity index (χ3v) is 3.08. The van der Waals surface area contributed by atoms with Crippen LogP contribution >= 0.6 is 0 Å². The Morgan fingerprint density at radius 2 is 0.594 bits per heavy atom. The van der Waals surface area contributed by atoms with Crippen molar-refractivity contribution in [1.29, 1.82) is 0 Å². The molecule has 17 nitrogen and oxygen atoms in total. The van der Waals surface area contributed by atoms with Crippen molar-refractivity contribution in [2.75, 3.05) is 45.9 Å². The van der Waals surface area contributed by atoms with Gasteiger partial charge in [-0.05, 0) is 0 Å². The predicted molar refractivity (Wildman–Crippen MR) is 120 cm³/mol. The quantitative estimate of drug-likeness (QED) is 0.158. The molecular weight excluding hydrogens is 418 g/mol. The molecule has 0 aliphatic heterocycles. The fourth-order valence-corrected chi connectivity index (χ4v) is 1.98. The number of rotatable bonds is 1. The van der Waals surface area contributed by atoms with Gasteiger partial charge < -0.3 is 45.9 Å². The molecule has 0 radical (unpaired) electrons. The Labute approximate surface area is 180 Å². The summed E-state index contributed by atoms with van der Waals surface area (Å²) in [4.78, 5) is 32.6. The van der Waals surface area contributed by atoms with E-state index in [4.69, 9.17) is 45.9 Å². The number of benzene rings is 1. The first kappa shape index (κ1) is 22.9. The first-order valence-corrected chi connectivity index (χ1v) is 8.50. The predicted octanol–water partition coefficient (Wildman–Crippen LogP) is -2.06. The molecule has 166 valence electrons. The van der Waals surface area contributed by atoms with E-state index in [0.717, 1.165) is 5.56 Å². The van der Waals surface area contributed by atoms with Crippen LogP contribution in [-0.2, 0) is 0 Å². The third kappa shape index (κ3) is 7.58. The van der Waals surface area contributed by atoms with Gasteiger partial charge in [0.1, 0.15) is 0 Å². The minimum absolute atomic E-state index is 0.0417. The molecule has 16 N–H and O–H groups in total. The SMILES string of the molecule is Nc1nc(N)nc(-c2ccccc2)n1.Nc1nc(N)nc(N)n1.Nc1nc(N)nc(N)n1. The van der Waals surface area contributed by atoms with Crippen molar-refractivity contribution in [2.45, 2.75) is 0 Å². The maximum Gasteiger partial charge on any atom is 0.226 e. The van der Waals surface area contributed by atoms with E-state index in [0.29, 0.717) is 5.82 Å². The number of nitrogens with zero attached hydrogens (tertiary/aromatic N) is 9. The first-order chi connectivity index (χ1) is 15.1. The van der Waals surface area contributed by atoms with Crippen LogP contribution in [0.25, 0.3) is 11.4 Å². The Bertz CT molecular complexity index is 995. The van der Waals surface area contributed by atoms with Gasteiger partial charge in [-0.2, -0.15) is 44.9 Å². The zero-order valence-corrected chi connectivity index (χ0v) is 16.5. The van der Waals surface area contributed by atoms with E-state index < -0.39 is 0 Å². The molecule has 0 saturated carbocycles. The highest BCUT2D eigenvalue weighted by atomic mass is 15.2. The van der Waals surface area contributed by atoms with Crippen LogP contribution in [0.4, 0.5) is 47.6 Å². The highest BCUT2D eigenvalue weighted by Crippen LogP contribution is 2.14. The average molecular weight is 439 g/mol. The number of anilines is 8. The second-order valence-electron chi connectivity index (χ2n) is 5.56. The van der Waals surface area contributed by atoms with Crippen molar-refractivity contribution in [3.05, 3.63) is 30.3 Å². The molecule has 0 saturated heterocycles. The molecule has 4 aromatic rings. The first-order valence-electron chi connectivity index (χ1n) is 8.50. The summed E-state index contributed by atoms with van der Waals surface area (Å²) in [6.45, 7) is 0. The molecule has 3 aromatic heterocycles. The van der Waals surface area contributed by atoms with E-state index in [1.165, 1.54) is 0 Å². The minimum Gasteiger partial charge on any atom is -0.368 e. The second-order valence-corrected chi connectivity index (χ2v) is 5.56. The summed E-state index contributed by atoms with van der Waals surface area (Å²) >= 11 is 0. The fraction of sp³-hybridized carbons (Fsp3) is 0. The molecule has 1 aromatic carbocycles. The lowest BCUT2D eigenvalue weighted by molar-refractivity contribution is 1.09. The fourth-order valence-electron chi connectivity index (χ4n) is 1.98. The van der Waals surface area contributed by atoms with Crippen molar-refractivity contribution in [2.24, 2.45) is 0 Å². The van der Waals surface area contributed by atoms with Crippen molar-refractivity contribution >= 4 is 47.6 Å². The van der Waals surface area contributed by atoms with Gasteiger partial charge >= 0.3 is 0 Å². The number of aromatic nitrogens is 9. The van der Waals surface area contributed by atoms with Crippen LogP contribution in [-0.4, -0.2) is 44.9 Å². The maximum absolute atomic E-state index is 5.45. The van der Waals surface area contributed by atoms with Gasteiger partial charge in [-0.25, -0.2) is 0 Å². The maximum atomic E-state index is 5.45. The van der Waals surface area contributed by atoms with Crippen LogP contribution in [0.3, 0.4) is 0 Å². The summed E-state index contributed by atoms with van der Waals surface area (Å²) in [7, 11) is 0.